The van der Waals surface area contributed by atoms with E-state index in [1.165, 1.54) is 5.69 Å². The molecule has 0 heterocycles. The molecule has 94 valence electrons. The first-order chi connectivity index (χ1) is 8.20. The van der Waals surface area contributed by atoms with Gasteiger partial charge < -0.3 is 10.0 Å². The molecular weight excluding hydrogens is 214 g/mol. The highest BCUT2D eigenvalue weighted by molar-refractivity contribution is 5.66. The number of para-hydroxylation sites is 1. The predicted octanol–water partition coefficient (Wildman–Crippen LogP) is 3.16. The van der Waals surface area contributed by atoms with Gasteiger partial charge in [-0.25, -0.2) is 0 Å². The molecule has 0 atom stereocenters. The van der Waals surface area contributed by atoms with Crippen molar-refractivity contribution in [1.82, 2.24) is 0 Å². The quantitative estimate of drug-likeness (QED) is 0.704. The maximum absolute atomic E-state index is 10.3. The second kappa shape index (κ2) is 7.71. The maximum Gasteiger partial charge on any atom is 0.303 e. The minimum atomic E-state index is -0.689. The van der Waals surface area contributed by atoms with Crippen LogP contribution in [0, 0.1) is 0 Å². The average molecular weight is 235 g/mol. The molecule has 1 aromatic carbocycles. The van der Waals surface area contributed by atoms with Crippen molar-refractivity contribution in [3.05, 3.63) is 30.3 Å². The Morgan fingerprint density at radius 1 is 1.12 bits per heavy atom. The third kappa shape index (κ3) is 5.95. The highest BCUT2D eigenvalue weighted by Crippen LogP contribution is 2.12. The summed E-state index contributed by atoms with van der Waals surface area (Å²) in [4.78, 5) is 12.6. The molecule has 0 aliphatic carbocycles. The molecule has 0 amide bonds. The molecule has 0 saturated heterocycles. The standard InChI is InChI=1S/C14H21NO2/c1-15(13-9-5-4-6-10-13)12-8-3-2-7-11-14(16)17/h4-6,9-10H,2-3,7-8,11-12H2,1H3,(H,16,17). The molecule has 0 aliphatic heterocycles. The lowest BCUT2D eigenvalue weighted by Gasteiger charge is -2.18. The van der Waals surface area contributed by atoms with E-state index in [2.05, 4.69) is 24.1 Å². The lowest BCUT2D eigenvalue weighted by Crippen LogP contribution is -2.18. The third-order valence-electron chi connectivity index (χ3n) is 2.83. The summed E-state index contributed by atoms with van der Waals surface area (Å²) >= 11 is 0. The second-order valence-corrected chi connectivity index (χ2v) is 4.32. The van der Waals surface area contributed by atoms with Gasteiger partial charge in [-0.1, -0.05) is 31.0 Å². The minimum Gasteiger partial charge on any atom is -0.481 e. The first kappa shape index (κ1) is 13.6. The smallest absolute Gasteiger partial charge is 0.303 e. The Balaban J connectivity index is 2.09. The van der Waals surface area contributed by atoms with E-state index < -0.39 is 5.97 Å². The fraction of sp³-hybridized carbons (Fsp3) is 0.500. The lowest BCUT2D eigenvalue weighted by atomic mass is 10.1. The van der Waals surface area contributed by atoms with Crippen LogP contribution in [0.2, 0.25) is 0 Å². The number of carbonyl (C=O) groups is 1. The Hall–Kier alpha value is -1.51. The van der Waals surface area contributed by atoms with Gasteiger partial charge in [0.25, 0.3) is 0 Å². The monoisotopic (exact) mass is 235 g/mol. The van der Waals surface area contributed by atoms with Crippen molar-refractivity contribution in [2.75, 3.05) is 18.5 Å². The summed E-state index contributed by atoms with van der Waals surface area (Å²) in [6.45, 7) is 1.02. The van der Waals surface area contributed by atoms with Crippen molar-refractivity contribution in [3.8, 4) is 0 Å². The molecule has 17 heavy (non-hydrogen) atoms. The van der Waals surface area contributed by atoms with Gasteiger partial charge in [0.1, 0.15) is 0 Å². The number of aliphatic carboxylic acids is 1. The summed E-state index contributed by atoms with van der Waals surface area (Å²) in [6, 6.07) is 10.3. The molecule has 0 spiro atoms. The molecule has 3 heteroatoms. The van der Waals surface area contributed by atoms with Crippen molar-refractivity contribution in [2.24, 2.45) is 0 Å². The van der Waals surface area contributed by atoms with Crippen LogP contribution in [0.3, 0.4) is 0 Å². The summed E-state index contributed by atoms with van der Waals surface area (Å²) < 4.78 is 0. The molecule has 3 nitrogen and oxygen atoms in total. The molecule has 1 rings (SSSR count). The van der Waals surface area contributed by atoms with E-state index in [1.807, 2.05) is 18.2 Å². The number of rotatable bonds is 8. The van der Waals surface area contributed by atoms with Crippen molar-refractivity contribution in [1.29, 1.82) is 0 Å². The number of nitrogens with zero attached hydrogens (tertiary/aromatic N) is 1. The van der Waals surface area contributed by atoms with Crippen LogP contribution in [0.15, 0.2) is 30.3 Å². The fourth-order valence-corrected chi connectivity index (χ4v) is 1.79. The SMILES string of the molecule is CN(CCCCCCC(=O)O)c1ccccc1. The van der Waals surface area contributed by atoms with E-state index in [0.29, 0.717) is 6.42 Å². The number of benzene rings is 1. The summed E-state index contributed by atoms with van der Waals surface area (Å²) in [5.41, 5.74) is 1.23. The number of carboxylic acid groups (broad SMARTS) is 1. The van der Waals surface area contributed by atoms with Crippen LogP contribution in [0.1, 0.15) is 32.1 Å². The van der Waals surface area contributed by atoms with Crippen LogP contribution in [0.4, 0.5) is 5.69 Å². The van der Waals surface area contributed by atoms with Gasteiger partial charge in [0.2, 0.25) is 0 Å². The minimum absolute atomic E-state index is 0.300. The molecule has 1 aromatic rings. The molecule has 0 saturated carbocycles. The largest absolute Gasteiger partial charge is 0.481 e. The highest BCUT2D eigenvalue weighted by atomic mass is 16.4. The van der Waals surface area contributed by atoms with Crippen molar-refractivity contribution < 1.29 is 9.90 Å². The van der Waals surface area contributed by atoms with Crippen LogP contribution in [0.25, 0.3) is 0 Å². The van der Waals surface area contributed by atoms with E-state index in [0.717, 1.165) is 32.2 Å². The summed E-state index contributed by atoms with van der Waals surface area (Å²) in [6.07, 6.45) is 4.32. The van der Waals surface area contributed by atoms with Crippen molar-refractivity contribution >= 4 is 11.7 Å². The van der Waals surface area contributed by atoms with Crippen LogP contribution in [0.5, 0.6) is 0 Å². The Bertz CT molecular complexity index is 324. The molecule has 0 radical (unpaired) electrons. The van der Waals surface area contributed by atoms with Gasteiger partial charge in [0.15, 0.2) is 0 Å². The van der Waals surface area contributed by atoms with Crippen LogP contribution in [-0.4, -0.2) is 24.7 Å². The van der Waals surface area contributed by atoms with Crippen LogP contribution >= 0.6 is 0 Å². The Kier molecular flexibility index (Phi) is 6.15. The fourth-order valence-electron chi connectivity index (χ4n) is 1.79. The van der Waals surface area contributed by atoms with Crippen LogP contribution in [-0.2, 0) is 4.79 Å². The van der Waals surface area contributed by atoms with E-state index in [-0.39, 0.29) is 0 Å². The van der Waals surface area contributed by atoms with E-state index in [9.17, 15) is 4.79 Å². The van der Waals surface area contributed by atoms with Crippen LogP contribution < -0.4 is 4.90 Å². The molecule has 0 unspecified atom stereocenters. The maximum atomic E-state index is 10.3. The Morgan fingerprint density at radius 3 is 2.41 bits per heavy atom. The molecule has 0 fully saturated rings. The van der Waals surface area contributed by atoms with Gasteiger partial charge in [0, 0.05) is 25.7 Å². The molecule has 0 aromatic heterocycles. The molecule has 0 bridgehead atoms. The van der Waals surface area contributed by atoms with Gasteiger partial charge in [-0.15, -0.1) is 0 Å². The predicted molar refractivity (Wildman–Crippen MR) is 70.4 cm³/mol. The lowest BCUT2D eigenvalue weighted by molar-refractivity contribution is -0.137. The Labute approximate surface area is 103 Å². The number of hydrogen-bond donors (Lipinski definition) is 1. The molecule has 1 N–H and O–H groups in total. The third-order valence-corrected chi connectivity index (χ3v) is 2.83. The van der Waals surface area contributed by atoms with E-state index in [4.69, 9.17) is 5.11 Å². The summed E-state index contributed by atoms with van der Waals surface area (Å²) in [5.74, 6) is -0.689. The first-order valence-corrected chi connectivity index (χ1v) is 6.18. The summed E-state index contributed by atoms with van der Waals surface area (Å²) in [5, 5.41) is 8.50. The van der Waals surface area contributed by atoms with Gasteiger partial charge >= 0.3 is 5.97 Å². The zero-order chi connectivity index (χ0) is 12.5. The Morgan fingerprint density at radius 2 is 1.76 bits per heavy atom. The molecular formula is C14H21NO2. The van der Waals surface area contributed by atoms with Gasteiger partial charge in [-0.05, 0) is 25.0 Å². The van der Waals surface area contributed by atoms with Gasteiger partial charge in [-0.3, -0.25) is 4.79 Å². The highest BCUT2D eigenvalue weighted by Gasteiger charge is 2.00. The van der Waals surface area contributed by atoms with Gasteiger partial charge in [0.05, 0.1) is 0 Å². The van der Waals surface area contributed by atoms with E-state index >= 15 is 0 Å². The first-order valence-electron chi connectivity index (χ1n) is 6.18. The zero-order valence-electron chi connectivity index (χ0n) is 10.4. The van der Waals surface area contributed by atoms with Gasteiger partial charge in [-0.2, -0.15) is 0 Å². The number of anilines is 1. The number of hydrogen-bond acceptors (Lipinski definition) is 2. The topological polar surface area (TPSA) is 40.5 Å². The van der Waals surface area contributed by atoms with E-state index in [1.54, 1.807) is 0 Å². The second-order valence-electron chi connectivity index (χ2n) is 4.32. The normalized spacial score (nSPS) is 10.2. The van der Waals surface area contributed by atoms with Crippen molar-refractivity contribution in [3.63, 3.8) is 0 Å². The average Bonchev–Trinajstić information content (AvgIpc) is 2.34. The van der Waals surface area contributed by atoms with Crippen molar-refractivity contribution in [2.45, 2.75) is 32.1 Å². The number of carboxylic acids is 1. The summed E-state index contributed by atoms with van der Waals surface area (Å²) in [7, 11) is 2.09. The zero-order valence-corrected chi connectivity index (χ0v) is 10.4. The molecule has 0 aliphatic rings. The number of unbranched alkanes of at least 4 members (excludes halogenated alkanes) is 3.